The maximum absolute atomic E-state index is 11.7. The van der Waals surface area contributed by atoms with Crippen molar-refractivity contribution in [3.05, 3.63) is 59.8 Å². The van der Waals surface area contributed by atoms with Crippen molar-refractivity contribution in [3.8, 4) is 0 Å². The molecule has 0 bridgehead atoms. The number of aromatic nitrogens is 1. The van der Waals surface area contributed by atoms with Gasteiger partial charge in [0, 0.05) is 24.0 Å². The molecule has 0 aliphatic rings. The molecule has 0 aliphatic carbocycles. The number of esters is 1. The van der Waals surface area contributed by atoms with Gasteiger partial charge < -0.3 is 14.5 Å². The summed E-state index contributed by atoms with van der Waals surface area (Å²) in [5.41, 5.74) is 0.509. The first-order chi connectivity index (χ1) is 10.6. The number of furan rings is 1. The topological polar surface area (TPSA) is 81.4 Å². The molecule has 6 heteroatoms. The van der Waals surface area contributed by atoms with E-state index in [0.717, 1.165) is 5.76 Å². The van der Waals surface area contributed by atoms with Crippen molar-refractivity contribution in [1.82, 2.24) is 10.3 Å². The lowest BCUT2D eigenvalue weighted by molar-refractivity contribution is -0.137. The van der Waals surface area contributed by atoms with E-state index < -0.39 is 5.97 Å². The van der Waals surface area contributed by atoms with Gasteiger partial charge in [0.15, 0.2) is 0 Å². The Bertz CT molecular complexity index is 662. The molecule has 0 aromatic carbocycles. The summed E-state index contributed by atoms with van der Waals surface area (Å²) in [4.78, 5) is 27.0. The fraction of sp³-hybridized carbons (Fsp3) is 0.188. The molecule has 0 saturated heterocycles. The van der Waals surface area contributed by atoms with Crippen LogP contribution < -0.4 is 5.32 Å². The third-order valence-electron chi connectivity index (χ3n) is 2.72. The zero-order valence-corrected chi connectivity index (χ0v) is 12.1. The van der Waals surface area contributed by atoms with Crippen molar-refractivity contribution in [2.45, 2.75) is 6.92 Å². The molecule has 6 nitrogen and oxygen atoms in total. The highest BCUT2D eigenvalue weighted by Gasteiger charge is 2.04. The number of aryl methyl sites for hydroxylation is 1. The maximum Gasteiger partial charge on any atom is 0.330 e. The molecule has 22 heavy (non-hydrogen) atoms. The number of pyridine rings is 1. The predicted octanol–water partition coefficient (Wildman–Crippen LogP) is 1.97. The summed E-state index contributed by atoms with van der Waals surface area (Å²) in [6, 6.07) is 6.78. The third-order valence-corrected chi connectivity index (χ3v) is 2.72. The van der Waals surface area contributed by atoms with Gasteiger partial charge in [-0.15, -0.1) is 0 Å². The van der Waals surface area contributed by atoms with Crippen molar-refractivity contribution in [1.29, 1.82) is 0 Å². The quantitative estimate of drug-likeness (QED) is 0.501. The van der Waals surface area contributed by atoms with Crippen LogP contribution in [0.2, 0.25) is 0 Å². The van der Waals surface area contributed by atoms with E-state index in [4.69, 9.17) is 9.15 Å². The highest BCUT2D eigenvalue weighted by atomic mass is 16.5. The van der Waals surface area contributed by atoms with E-state index in [1.54, 1.807) is 24.3 Å². The Morgan fingerprint density at radius 1 is 1.27 bits per heavy atom. The van der Waals surface area contributed by atoms with Gasteiger partial charge in [-0.05, 0) is 37.3 Å². The van der Waals surface area contributed by atoms with Gasteiger partial charge in [-0.25, -0.2) is 4.79 Å². The van der Waals surface area contributed by atoms with Gasteiger partial charge in [0.1, 0.15) is 18.1 Å². The first kappa shape index (κ1) is 15.5. The first-order valence-electron chi connectivity index (χ1n) is 6.74. The molecular weight excluding hydrogens is 284 g/mol. The zero-order chi connectivity index (χ0) is 15.8. The SMILES string of the molecule is Cc1ccc(/C=C/C(=O)OCCNC(=O)c2ccncc2)o1. The van der Waals surface area contributed by atoms with Gasteiger partial charge in [-0.2, -0.15) is 0 Å². The fourth-order valence-corrected chi connectivity index (χ4v) is 1.66. The molecule has 1 amide bonds. The van der Waals surface area contributed by atoms with Gasteiger partial charge in [0.05, 0.1) is 6.54 Å². The number of nitrogens with one attached hydrogen (secondary N) is 1. The standard InChI is InChI=1S/C16H16N2O4/c1-12-2-3-14(22-12)4-5-15(19)21-11-10-18-16(20)13-6-8-17-9-7-13/h2-9H,10-11H2,1H3,(H,18,20)/b5-4+. The number of ether oxygens (including phenoxy) is 1. The van der Waals surface area contributed by atoms with Crippen LogP contribution in [0.15, 0.2) is 47.2 Å². The second-order valence-corrected chi connectivity index (χ2v) is 4.44. The normalized spacial score (nSPS) is 10.6. The van der Waals surface area contributed by atoms with Crippen molar-refractivity contribution in [2.75, 3.05) is 13.2 Å². The maximum atomic E-state index is 11.7. The fourth-order valence-electron chi connectivity index (χ4n) is 1.66. The van der Waals surface area contributed by atoms with E-state index in [2.05, 4.69) is 10.3 Å². The number of amides is 1. The molecule has 0 saturated carbocycles. The van der Waals surface area contributed by atoms with Crippen molar-refractivity contribution in [2.24, 2.45) is 0 Å². The number of hydrogen-bond donors (Lipinski definition) is 1. The van der Waals surface area contributed by atoms with Crippen LogP contribution >= 0.6 is 0 Å². The van der Waals surface area contributed by atoms with Crippen LogP contribution in [0.1, 0.15) is 21.9 Å². The molecule has 0 spiro atoms. The summed E-state index contributed by atoms with van der Waals surface area (Å²) in [6.07, 6.45) is 5.89. The molecular formula is C16H16N2O4. The molecule has 0 unspecified atom stereocenters. The minimum absolute atomic E-state index is 0.0944. The van der Waals surface area contributed by atoms with Crippen molar-refractivity contribution < 1.29 is 18.7 Å². The lowest BCUT2D eigenvalue weighted by Crippen LogP contribution is -2.27. The van der Waals surface area contributed by atoms with Crippen LogP contribution in [0, 0.1) is 6.92 Å². The minimum Gasteiger partial charge on any atom is -0.462 e. The van der Waals surface area contributed by atoms with Crippen LogP contribution in [-0.2, 0) is 9.53 Å². The lowest BCUT2D eigenvalue weighted by atomic mass is 10.2. The minimum atomic E-state index is -0.493. The molecule has 0 fully saturated rings. The summed E-state index contributed by atoms with van der Waals surface area (Å²) in [5.74, 6) is 0.625. The molecule has 0 radical (unpaired) electrons. The van der Waals surface area contributed by atoms with E-state index in [-0.39, 0.29) is 19.1 Å². The first-order valence-corrected chi connectivity index (χ1v) is 6.74. The van der Waals surface area contributed by atoms with Gasteiger partial charge in [-0.1, -0.05) is 0 Å². The Morgan fingerprint density at radius 3 is 2.73 bits per heavy atom. The predicted molar refractivity (Wildman–Crippen MR) is 80.0 cm³/mol. The van der Waals surface area contributed by atoms with Gasteiger partial charge in [0.25, 0.3) is 5.91 Å². The van der Waals surface area contributed by atoms with E-state index >= 15 is 0 Å². The van der Waals surface area contributed by atoms with Gasteiger partial charge in [0.2, 0.25) is 0 Å². The van der Waals surface area contributed by atoms with Crippen LogP contribution in [0.5, 0.6) is 0 Å². The third kappa shape index (κ3) is 4.90. The summed E-state index contributed by atoms with van der Waals surface area (Å²) >= 11 is 0. The Labute approximate surface area is 127 Å². The highest BCUT2D eigenvalue weighted by Crippen LogP contribution is 2.07. The molecule has 2 aromatic heterocycles. The highest BCUT2D eigenvalue weighted by molar-refractivity contribution is 5.94. The Kier molecular flexibility index (Phi) is 5.48. The molecule has 114 valence electrons. The second-order valence-electron chi connectivity index (χ2n) is 4.44. The van der Waals surface area contributed by atoms with Gasteiger partial charge in [-0.3, -0.25) is 9.78 Å². The Balaban J connectivity index is 1.67. The lowest BCUT2D eigenvalue weighted by Gasteiger charge is -2.05. The zero-order valence-electron chi connectivity index (χ0n) is 12.1. The van der Waals surface area contributed by atoms with E-state index in [0.29, 0.717) is 11.3 Å². The summed E-state index contributed by atoms with van der Waals surface area (Å²) < 4.78 is 10.2. The number of rotatable bonds is 6. The molecule has 2 aromatic rings. The number of carbonyl (C=O) groups excluding carboxylic acids is 2. The number of nitrogens with zero attached hydrogens (tertiary/aromatic N) is 1. The van der Waals surface area contributed by atoms with Crippen LogP contribution in [0.4, 0.5) is 0 Å². The largest absolute Gasteiger partial charge is 0.462 e. The van der Waals surface area contributed by atoms with Crippen LogP contribution in [0.3, 0.4) is 0 Å². The number of hydrogen-bond acceptors (Lipinski definition) is 5. The van der Waals surface area contributed by atoms with Crippen LogP contribution in [-0.4, -0.2) is 30.0 Å². The average molecular weight is 300 g/mol. The van der Waals surface area contributed by atoms with Gasteiger partial charge >= 0.3 is 5.97 Å². The second kappa shape index (κ2) is 7.78. The summed E-state index contributed by atoms with van der Waals surface area (Å²) in [7, 11) is 0. The Hall–Kier alpha value is -2.89. The average Bonchev–Trinajstić information content (AvgIpc) is 2.96. The monoisotopic (exact) mass is 300 g/mol. The van der Waals surface area contributed by atoms with Crippen LogP contribution in [0.25, 0.3) is 6.08 Å². The van der Waals surface area contributed by atoms with E-state index in [9.17, 15) is 9.59 Å². The molecule has 2 rings (SSSR count). The molecule has 1 N–H and O–H groups in total. The molecule has 0 atom stereocenters. The van der Waals surface area contributed by atoms with E-state index in [1.807, 2.05) is 6.92 Å². The Morgan fingerprint density at radius 2 is 2.05 bits per heavy atom. The summed E-state index contributed by atoms with van der Waals surface area (Å²) in [6.45, 7) is 2.15. The smallest absolute Gasteiger partial charge is 0.330 e. The van der Waals surface area contributed by atoms with Crippen molar-refractivity contribution in [3.63, 3.8) is 0 Å². The number of carbonyl (C=O) groups is 2. The molecule has 2 heterocycles. The van der Waals surface area contributed by atoms with Crippen molar-refractivity contribution >= 4 is 18.0 Å². The molecule has 0 aliphatic heterocycles. The van der Waals surface area contributed by atoms with E-state index in [1.165, 1.54) is 24.5 Å². The summed E-state index contributed by atoms with van der Waals surface area (Å²) in [5, 5.41) is 2.64.